The number of nitrogens with zero attached hydrogens (tertiary/aromatic N) is 1. The lowest BCUT2D eigenvalue weighted by Gasteiger charge is -2.35. The molecule has 1 heterocycles. The van der Waals surface area contributed by atoms with Crippen LogP contribution in [-0.4, -0.2) is 17.0 Å². The van der Waals surface area contributed by atoms with Gasteiger partial charge in [0, 0.05) is 19.2 Å². The number of halogens is 1. The van der Waals surface area contributed by atoms with E-state index in [1.54, 1.807) is 25.2 Å². The smallest absolute Gasteiger partial charge is 0.408 e. The minimum atomic E-state index is -0.409. The third kappa shape index (κ3) is 3.65. The monoisotopic (exact) mass is 353 g/mol. The SMILES string of the molecule is Cl.Cn1c(=O)oc2ccc(NC(=O)CC3(CN)CCCCC3)cc21. The van der Waals surface area contributed by atoms with Crippen LogP contribution in [0.4, 0.5) is 5.69 Å². The molecule has 1 saturated carbocycles. The predicted octanol–water partition coefficient (Wildman–Crippen LogP) is 2.79. The minimum Gasteiger partial charge on any atom is -0.408 e. The first kappa shape index (κ1) is 18.5. The summed E-state index contributed by atoms with van der Waals surface area (Å²) in [6.45, 7) is 0.551. The van der Waals surface area contributed by atoms with E-state index >= 15 is 0 Å². The van der Waals surface area contributed by atoms with Gasteiger partial charge in [-0.1, -0.05) is 19.3 Å². The summed E-state index contributed by atoms with van der Waals surface area (Å²) in [5, 5.41) is 2.93. The number of nitrogens with two attached hydrogens (primary N) is 1. The number of anilines is 1. The molecule has 1 aliphatic carbocycles. The van der Waals surface area contributed by atoms with Crippen LogP contribution in [0.2, 0.25) is 0 Å². The Balaban J connectivity index is 0.00000208. The Hall–Kier alpha value is -1.79. The number of aromatic nitrogens is 1. The van der Waals surface area contributed by atoms with E-state index in [1.165, 1.54) is 11.0 Å². The van der Waals surface area contributed by atoms with Gasteiger partial charge in [0.1, 0.15) is 0 Å². The Kier molecular flexibility index (Phi) is 5.72. The second kappa shape index (κ2) is 7.40. The van der Waals surface area contributed by atoms with Crippen molar-refractivity contribution in [2.75, 3.05) is 11.9 Å². The summed E-state index contributed by atoms with van der Waals surface area (Å²) >= 11 is 0. The molecule has 1 fully saturated rings. The van der Waals surface area contributed by atoms with Gasteiger partial charge in [-0.15, -0.1) is 12.4 Å². The molecule has 132 valence electrons. The average Bonchev–Trinajstić information content (AvgIpc) is 2.83. The summed E-state index contributed by atoms with van der Waals surface area (Å²) < 4.78 is 6.52. The van der Waals surface area contributed by atoms with Crippen molar-refractivity contribution in [1.82, 2.24) is 4.57 Å². The van der Waals surface area contributed by atoms with Crippen LogP contribution >= 0.6 is 12.4 Å². The van der Waals surface area contributed by atoms with Crippen LogP contribution in [-0.2, 0) is 11.8 Å². The van der Waals surface area contributed by atoms with Crippen molar-refractivity contribution in [2.24, 2.45) is 18.2 Å². The maximum absolute atomic E-state index is 12.4. The van der Waals surface area contributed by atoms with Gasteiger partial charge in [-0.2, -0.15) is 0 Å². The van der Waals surface area contributed by atoms with Gasteiger partial charge < -0.3 is 15.5 Å². The van der Waals surface area contributed by atoms with Crippen molar-refractivity contribution in [2.45, 2.75) is 38.5 Å². The maximum Gasteiger partial charge on any atom is 0.419 e. The molecular weight excluding hydrogens is 330 g/mol. The standard InChI is InChI=1S/C17H23N3O3.ClH/c1-20-13-9-12(5-6-14(13)23-16(20)22)19-15(21)10-17(11-18)7-3-2-4-8-17;/h5-6,9H,2-4,7-8,10-11,18H2,1H3,(H,19,21);1H. The third-order valence-corrected chi connectivity index (χ3v) is 4.96. The molecule has 0 bridgehead atoms. The van der Waals surface area contributed by atoms with Gasteiger partial charge in [0.05, 0.1) is 5.52 Å². The molecule has 0 unspecified atom stereocenters. The highest BCUT2D eigenvalue weighted by molar-refractivity contribution is 5.93. The van der Waals surface area contributed by atoms with Crippen molar-refractivity contribution < 1.29 is 9.21 Å². The van der Waals surface area contributed by atoms with Gasteiger partial charge in [0.25, 0.3) is 0 Å². The normalized spacial score (nSPS) is 16.6. The van der Waals surface area contributed by atoms with Crippen LogP contribution in [0.3, 0.4) is 0 Å². The highest BCUT2D eigenvalue weighted by Crippen LogP contribution is 2.38. The van der Waals surface area contributed by atoms with Gasteiger partial charge in [-0.3, -0.25) is 9.36 Å². The molecule has 1 aliphatic rings. The first-order valence-electron chi connectivity index (χ1n) is 8.12. The fourth-order valence-electron chi connectivity index (χ4n) is 3.51. The van der Waals surface area contributed by atoms with Crippen LogP contribution in [0.25, 0.3) is 11.1 Å². The molecule has 1 aromatic carbocycles. The Bertz CT molecular complexity index is 775. The van der Waals surface area contributed by atoms with Crippen molar-refractivity contribution in [1.29, 1.82) is 0 Å². The molecule has 0 saturated heterocycles. The molecule has 2 aromatic rings. The number of amides is 1. The fourth-order valence-corrected chi connectivity index (χ4v) is 3.51. The Morgan fingerprint density at radius 2 is 2.04 bits per heavy atom. The van der Waals surface area contributed by atoms with Crippen LogP contribution in [0, 0.1) is 5.41 Å². The zero-order valence-electron chi connectivity index (χ0n) is 13.8. The van der Waals surface area contributed by atoms with Crippen LogP contribution in [0.1, 0.15) is 38.5 Å². The number of carbonyl (C=O) groups is 1. The number of fused-ring (bicyclic) bond motifs is 1. The molecular formula is C17H24ClN3O3. The topological polar surface area (TPSA) is 90.3 Å². The largest absolute Gasteiger partial charge is 0.419 e. The van der Waals surface area contributed by atoms with E-state index in [0.717, 1.165) is 25.7 Å². The van der Waals surface area contributed by atoms with Gasteiger partial charge in [0.2, 0.25) is 5.91 Å². The number of hydrogen-bond acceptors (Lipinski definition) is 4. The quantitative estimate of drug-likeness (QED) is 0.884. The van der Waals surface area contributed by atoms with E-state index in [0.29, 0.717) is 29.8 Å². The Morgan fingerprint density at radius 3 is 2.71 bits per heavy atom. The minimum absolute atomic E-state index is 0. The molecule has 1 aromatic heterocycles. The second-order valence-electron chi connectivity index (χ2n) is 6.60. The lowest BCUT2D eigenvalue weighted by molar-refractivity contribution is -0.118. The molecule has 0 aliphatic heterocycles. The zero-order valence-corrected chi connectivity index (χ0v) is 14.7. The van der Waals surface area contributed by atoms with Crippen molar-refractivity contribution >= 4 is 35.1 Å². The van der Waals surface area contributed by atoms with Gasteiger partial charge in [0.15, 0.2) is 5.58 Å². The zero-order chi connectivity index (χ0) is 16.4. The number of oxazole rings is 1. The number of benzene rings is 1. The number of nitrogens with one attached hydrogen (secondary N) is 1. The molecule has 1 amide bonds. The Morgan fingerprint density at radius 1 is 1.33 bits per heavy atom. The van der Waals surface area contributed by atoms with Crippen molar-refractivity contribution in [3.63, 3.8) is 0 Å². The molecule has 0 radical (unpaired) electrons. The maximum atomic E-state index is 12.4. The summed E-state index contributed by atoms with van der Waals surface area (Å²) in [5.41, 5.74) is 7.74. The number of aryl methyl sites for hydroxylation is 1. The summed E-state index contributed by atoms with van der Waals surface area (Å²) in [5.74, 6) is -0.432. The molecule has 6 nitrogen and oxygen atoms in total. The van der Waals surface area contributed by atoms with E-state index in [4.69, 9.17) is 10.2 Å². The molecule has 0 spiro atoms. The number of hydrogen-bond donors (Lipinski definition) is 2. The summed E-state index contributed by atoms with van der Waals surface area (Å²) in [6.07, 6.45) is 6.01. The van der Waals surface area contributed by atoms with Crippen molar-refractivity contribution in [3.05, 3.63) is 28.7 Å². The molecule has 7 heteroatoms. The van der Waals surface area contributed by atoms with Gasteiger partial charge >= 0.3 is 5.76 Å². The van der Waals surface area contributed by atoms with E-state index in [-0.39, 0.29) is 23.7 Å². The van der Waals surface area contributed by atoms with Crippen molar-refractivity contribution in [3.8, 4) is 0 Å². The molecule has 3 N–H and O–H groups in total. The van der Waals surface area contributed by atoms with Gasteiger partial charge in [-0.25, -0.2) is 4.79 Å². The van der Waals surface area contributed by atoms with E-state index in [2.05, 4.69) is 5.32 Å². The number of carbonyl (C=O) groups excluding carboxylic acids is 1. The predicted molar refractivity (Wildman–Crippen MR) is 96.5 cm³/mol. The lowest BCUT2D eigenvalue weighted by atomic mass is 9.71. The fraction of sp³-hybridized carbons (Fsp3) is 0.529. The molecule has 3 rings (SSSR count). The van der Waals surface area contributed by atoms with Crippen LogP contribution in [0.15, 0.2) is 27.4 Å². The van der Waals surface area contributed by atoms with E-state index in [1.807, 2.05) is 0 Å². The lowest BCUT2D eigenvalue weighted by Crippen LogP contribution is -2.36. The first-order chi connectivity index (χ1) is 11.0. The Labute approximate surface area is 146 Å². The molecule has 24 heavy (non-hydrogen) atoms. The highest BCUT2D eigenvalue weighted by atomic mass is 35.5. The first-order valence-corrected chi connectivity index (χ1v) is 8.12. The van der Waals surface area contributed by atoms with Crippen LogP contribution in [0.5, 0.6) is 0 Å². The van der Waals surface area contributed by atoms with Crippen LogP contribution < -0.4 is 16.8 Å². The second-order valence-corrected chi connectivity index (χ2v) is 6.60. The van der Waals surface area contributed by atoms with E-state index < -0.39 is 5.76 Å². The summed E-state index contributed by atoms with van der Waals surface area (Å²) in [6, 6.07) is 5.21. The summed E-state index contributed by atoms with van der Waals surface area (Å²) in [7, 11) is 1.64. The van der Waals surface area contributed by atoms with Gasteiger partial charge in [-0.05, 0) is 43.0 Å². The average molecular weight is 354 g/mol. The highest BCUT2D eigenvalue weighted by Gasteiger charge is 2.32. The summed E-state index contributed by atoms with van der Waals surface area (Å²) in [4.78, 5) is 23.9. The number of rotatable bonds is 4. The molecule has 0 atom stereocenters. The third-order valence-electron chi connectivity index (χ3n) is 4.96. The van der Waals surface area contributed by atoms with E-state index in [9.17, 15) is 9.59 Å².